The van der Waals surface area contributed by atoms with Gasteiger partial charge in [0.2, 0.25) is 11.8 Å². The molecule has 0 radical (unpaired) electrons. The maximum atomic E-state index is 14.0. The Hall–Kier alpha value is -3.73. The Morgan fingerprint density at radius 3 is 2.69 bits per heavy atom. The van der Waals surface area contributed by atoms with Crippen molar-refractivity contribution in [1.82, 2.24) is 24.5 Å². The van der Waals surface area contributed by atoms with Crippen LogP contribution in [0.25, 0.3) is 17.1 Å². The van der Waals surface area contributed by atoms with Gasteiger partial charge < -0.3 is 13.7 Å². The predicted octanol–water partition coefficient (Wildman–Crippen LogP) is 4.33. The number of fused-ring (bicyclic) bond motifs is 1. The van der Waals surface area contributed by atoms with Crippen molar-refractivity contribution < 1.29 is 22.4 Å². The molecule has 0 N–H and O–H groups in total. The second-order valence-electron chi connectivity index (χ2n) is 8.81. The lowest BCUT2D eigenvalue weighted by Crippen LogP contribution is -2.56. The van der Waals surface area contributed by atoms with Crippen LogP contribution >= 0.6 is 0 Å². The number of alkyl halides is 2. The first kappa shape index (κ1) is 23.0. The molecule has 1 aromatic carbocycles. The first-order chi connectivity index (χ1) is 16.8. The molecule has 1 amide bonds. The quantitative estimate of drug-likeness (QED) is 0.389. The Kier molecular flexibility index (Phi) is 6.01. The van der Waals surface area contributed by atoms with Crippen molar-refractivity contribution in [2.24, 2.45) is 5.92 Å². The summed E-state index contributed by atoms with van der Waals surface area (Å²) in [6.45, 7) is 5.62. The third kappa shape index (κ3) is 4.63. The molecular formula is C24H23F3N6O2. The topological polar surface area (TPSA) is 79.8 Å². The molecule has 1 saturated heterocycles. The number of hydrogen-bond donors (Lipinski definition) is 0. The van der Waals surface area contributed by atoms with Gasteiger partial charge in [0.05, 0.1) is 18.2 Å². The fourth-order valence-electron chi connectivity index (χ4n) is 4.10. The van der Waals surface area contributed by atoms with Crippen LogP contribution < -0.4 is 4.90 Å². The zero-order valence-electron chi connectivity index (χ0n) is 19.1. The number of imidazole rings is 1. The predicted molar refractivity (Wildman–Crippen MR) is 121 cm³/mol. The average molecular weight is 484 g/mol. The van der Waals surface area contributed by atoms with Gasteiger partial charge in [-0.3, -0.25) is 9.69 Å². The number of benzene rings is 1. The third-order valence-corrected chi connectivity index (χ3v) is 6.08. The van der Waals surface area contributed by atoms with E-state index in [0.29, 0.717) is 41.7 Å². The van der Waals surface area contributed by atoms with E-state index in [1.165, 1.54) is 12.1 Å². The van der Waals surface area contributed by atoms with Crippen LogP contribution in [0.1, 0.15) is 31.9 Å². The molecule has 0 unspecified atom stereocenters. The molecule has 4 aromatic rings. The molecule has 0 atom stereocenters. The van der Waals surface area contributed by atoms with E-state index in [0.717, 1.165) is 0 Å². The number of aromatic nitrogens is 4. The Morgan fingerprint density at radius 2 is 2.00 bits per heavy atom. The Bertz CT molecular complexity index is 1360. The summed E-state index contributed by atoms with van der Waals surface area (Å²) >= 11 is 0. The number of rotatable bonds is 7. The minimum atomic E-state index is -2.85. The SMILES string of the molecule is CC(C)N1CC(C(=O)N(Cc2cn3ccc(-c4nnc(C(F)F)o4)cc3n2)c2cccc(F)c2)C1. The normalized spacial score (nSPS) is 14.7. The van der Waals surface area contributed by atoms with Crippen molar-refractivity contribution in [2.45, 2.75) is 32.9 Å². The van der Waals surface area contributed by atoms with Crippen molar-refractivity contribution >= 4 is 17.2 Å². The van der Waals surface area contributed by atoms with E-state index >= 15 is 0 Å². The van der Waals surface area contributed by atoms with Gasteiger partial charge in [-0.25, -0.2) is 9.37 Å². The Balaban J connectivity index is 1.41. The summed E-state index contributed by atoms with van der Waals surface area (Å²) in [5, 5.41) is 7.02. The number of amides is 1. The van der Waals surface area contributed by atoms with E-state index in [4.69, 9.17) is 4.42 Å². The van der Waals surface area contributed by atoms with Crippen LogP contribution in [-0.2, 0) is 11.3 Å². The lowest BCUT2D eigenvalue weighted by molar-refractivity contribution is -0.128. The number of halogens is 3. The molecule has 3 aromatic heterocycles. The molecule has 0 spiro atoms. The summed E-state index contributed by atoms with van der Waals surface area (Å²) in [4.78, 5) is 21.7. The van der Waals surface area contributed by atoms with Crippen LogP contribution in [0, 0.1) is 11.7 Å². The van der Waals surface area contributed by atoms with E-state index in [1.807, 2.05) is 0 Å². The minimum Gasteiger partial charge on any atom is -0.415 e. The van der Waals surface area contributed by atoms with Crippen molar-refractivity contribution in [3.8, 4) is 11.5 Å². The summed E-state index contributed by atoms with van der Waals surface area (Å²) in [5.41, 5.74) is 1.99. The molecule has 182 valence electrons. The highest BCUT2D eigenvalue weighted by Crippen LogP contribution is 2.27. The molecule has 5 rings (SSSR count). The molecule has 0 saturated carbocycles. The van der Waals surface area contributed by atoms with Gasteiger partial charge in [-0.05, 0) is 44.2 Å². The summed E-state index contributed by atoms with van der Waals surface area (Å²) < 4.78 is 46.3. The molecule has 0 aliphatic carbocycles. The number of carbonyl (C=O) groups is 1. The number of likely N-dealkylation sites (tertiary alicyclic amines) is 1. The molecule has 0 bridgehead atoms. The number of anilines is 1. The highest BCUT2D eigenvalue weighted by molar-refractivity contribution is 5.95. The van der Waals surface area contributed by atoms with Gasteiger partial charge in [-0.2, -0.15) is 8.78 Å². The summed E-state index contributed by atoms with van der Waals surface area (Å²) in [6, 6.07) is 9.56. The van der Waals surface area contributed by atoms with Gasteiger partial charge >= 0.3 is 6.43 Å². The van der Waals surface area contributed by atoms with Gasteiger partial charge in [0.1, 0.15) is 11.5 Å². The van der Waals surface area contributed by atoms with Crippen molar-refractivity contribution in [2.75, 3.05) is 18.0 Å². The van der Waals surface area contributed by atoms with Gasteiger partial charge in [-0.1, -0.05) is 6.07 Å². The van der Waals surface area contributed by atoms with E-state index in [1.54, 1.807) is 46.0 Å². The third-order valence-electron chi connectivity index (χ3n) is 6.08. The zero-order chi connectivity index (χ0) is 24.7. The minimum absolute atomic E-state index is 0.0383. The van der Waals surface area contributed by atoms with Crippen molar-refractivity contribution in [3.05, 3.63) is 66.2 Å². The molecule has 11 heteroatoms. The van der Waals surface area contributed by atoms with E-state index < -0.39 is 18.1 Å². The Labute approximate surface area is 199 Å². The van der Waals surface area contributed by atoms with Crippen LogP contribution in [0.3, 0.4) is 0 Å². The second-order valence-corrected chi connectivity index (χ2v) is 8.81. The van der Waals surface area contributed by atoms with Crippen molar-refractivity contribution in [3.63, 3.8) is 0 Å². The van der Waals surface area contributed by atoms with Gasteiger partial charge in [0, 0.05) is 42.8 Å². The molecule has 8 nitrogen and oxygen atoms in total. The number of nitrogens with zero attached hydrogens (tertiary/aromatic N) is 6. The molecule has 35 heavy (non-hydrogen) atoms. The highest BCUT2D eigenvalue weighted by Gasteiger charge is 2.37. The number of hydrogen-bond acceptors (Lipinski definition) is 6. The van der Waals surface area contributed by atoms with Crippen LogP contribution in [0.2, 0.25) is 0 Å². The molecule has 1 aliphatic rings. The molecule has 4 heterocycles. The van der Waals surface area contributed by atoms with Crippen LogP contribution in [-0.4, -0.2) is 49.5 Å². The smallest absolute Gasteiger partial charge is 0.314 e. The summed E-state index contributed by atoms with van der Waals surface area (Å²) in [5.74, 6) is -1.48. The van der Waals surface area contributed by atoms with Gasteiger partial charge in [0.25, 0.3) is 5.89 Å². The van der Waals surface area contributed by atoms with Crippen molar-refractivity contribution in [1.29, 1.82) is 0 Å². The molecule has 1 aliphatic heterocycles. The van der Waals surface area contributed by atoms with E-state index in [9.17, 15) is 18.0 Å². The summed E-state index contributed by atoms with van der Waals surface area (Å²) in [7, 11) is 0. The van der Waals surface area contributed by atoms with E-state index in [-0.39, 0.29) is 24.3 Å². The second kappa shape index (κ2) is 9.14. The largest absolute Gasteiger partial charge is 0.415 e. The zero-order valence-corrected chi connectivity index (χ0v) is 19.1. The van der Waals surface area contributed by atoms with Gasteiger partial charge in [0.15, 0.2) is 0 Å². The first-order valence-electron chi connectivity index (χ1n) is 11.2. The van der Waals surface area contributed by atoms with Gasteiger partial charge in [-0.15, -0.1) is 10.2 Å². The lowest BCUT2D eigenvalue weighted by Gasteiger charge is -2.42. The molecular weight excluding hydrogens is 461 g/mol. The fourth-order valence-corrected chi connectivity index (χ4v) is 4.10. The highest BCUT2D eigenvalue weighted by atomic mass is 19.3. The standard InChI is InChI=1S/C24H23F3N6O2/c1-14(2)32-10-16(11-32)24(34)33(19-5-3-4-17(25)9-19)13-18-12-31-7-6-15(8-20(31)28-18)22-29-30-23(35-22)21(26)27/h3-9,12,14,16,21H,10-11,13H2,1-2H3. The molecule has 1 fully saturated rings. The monoisotopic (exact) mass is 484 g/mol. The number of carbonyl (C=O) groups excluding carboxylic acids is 1. The van der Waals surface area contributed by atoms with Crippen LogP contribution in [0.5, 0.6) is 0 Å². The Morgan fingerprint density at radius 1 is 1.20 bits per heavy atom. The maximum Gasteiger partial charge on any atom is 0.314 e. The number of pyridine rings is 1. The first-order valence-corrected chi connectivity index (χ1v) is 11.2. The average Bonchev–Trinajstić information content (AvgIpc) is 3.42. The summed E-state index contributed by atoms with van der Waals surface area (Å²) in [6.07, 6.45) is 0.597. The van der Waals surface area contributed by atoms with Crippen LogP contribution in [0.15, 0.2) is 53.2 Å². The maximum absolute atomic E-state index is 14.0. The lowest BCUT2D eigenvalue weighted by atomic mass is 9.96. The van der Waals surface area contributed by atoms with E-state index in [2.05, 4.69) is 33.9 Å². The van der Waals surface area contributed by atoms with Crippen LogP contribution in [0.4, 0.5) is 18.9 Å². The fraction of sp³-hybridized carbons (Fsp3) is 0.333.